The third kappa shape index (κ3) is 8.65. The third-order valence-corrected chi connectivity index (χ3v) is 3.01. The fraction of sp³-hybridized carbons (Fsp3) is 0.500. The van der Waals surface area contributed by atoms with E-state index in [0.717, 1.165) is 25.0 Å². The molecule has 1 unspecified atom stereocenters. The van der Waals surface area contributed by atoms with Crippen molar-refractivity contribution in [3.05, 3.63) is 30.1 Å². The molecule has 1 aliphatic carbocycles. The molecule has 0 aromatic carbocycles. The van der Waals surface area contributed by atoms with Gasteiger partial charge in [0.05, 0.1) is 0 Å². The number of hydrogen-bond acceptors (Lipinski definition) is 1. The Balaban J connectivity index is 0.000000270. The predicted octanol–water partition coefficient (Wildman–Crippen LogP) is 5.12. The van der Waals surface area contributed by atoms with Crippen molar-refractivity contribution >= 4 is 13.6 Å². The van der Waals surface area contributed by atoms with E-state index < -0.39 is 7.81 Å². The van der Waals surface area contributed by atoms with E-state index in [-0.39, 0.29) is 5.92 Å². The van der Waals surface area contributed by atoms with Gasteiger partial charge in [0.2, 0.25) is 0 Å². The van der Waals surface area contributed by atoms with Gasteiger partial charge >= 0.3 is 33.0 Å². The Hall–Kier alpha value is -1.17. The fourth-order valence-electron chi connectivity index (χ4n) is 2.19. The van der Waals surface area contributed by atoms with Crippen LogP contribution in [0.15, 0.2) is 24.4 Å². The number of nitrogens with zero attached hydrogens (tertiary/aromatic N) is 1. The number of carbonyl (C=O) groups excluding carboxylic acids is 1. The van der Waals surface area contributed by atoms with E-state index >= 15 is 0 Å². The van der Waals surface area contributed by atoms with Crippen molar-refractivity contribution in [2.45, 2.75) is 31.6 Å². The zero-order valence-corrected chi connectivity index (χ0v) is 12.2. The third-order valence-electron chi connectivity index (χ3n) is 3.01. The van der Waals surface area contributed by atoms with E-state index in [0.29, 0.717) is 5.78 Å². The van der Waals surface area contributed by atoms with Crippen LogP contribution in [0.3, 0.4) is 0 Å². The molecule has 1 saturated carbocycles. The van der Waals surface area contributed by atoms with Crippen LogP contribution in [0.2, 0.25) is 0 Å². The molecule has 2 rings (SSSR count). The zero-order chi connectivity index (χ0) is 16.4. The number of Topliss-reactive ketones (excluding diaryl/α,β-unsaturated/α-hetero) is 1. The van der Waals surface area contributed by atoms with Gasteiger partial charge in [-0.15, -0.1) is 0 Å². The van der Waals surface area contributed by atoms with Crippen molar-refractivity contribution in [3.8, 4) is 0 Å². The molecule has 0 amide bonds. The van der Waals surface area contributed by atoms with Gasteiger partial charge in [-0.1, -0.05) is 12.5 Å². The summed E-state index contributed by atoms with van der Waals surface area (Å²) in [5, 5.41) is 0. The van der Waals surface area contributed by atoms with E-state index in [9.17, 15) is 30.0 Å². The van der Waals surface area contributed by atoms with Gasteiger partial charge in [-0.3, -0.25) is 4.79 Å². The molecule has 9 heteroatoms. The summed E-state index contributed by atoms with van der Waals surface area (Å²) in [4.78, 5) is 11.7. The maximum absolute atomic E-state index is 11.7. The molecule has 1 atom stereocenters. The summed E-state index contributed by atoms with van der Waals surface area (Å²) in [6, 6.07) is 6.07. The van der Waals surface area contributed by atoms with Gasteiger partial charge in [0.15, 0.2) is 11.9 Å². The number of aryl methyl sites for hydroxylation is 1. The Morgan fingerprint density at radius 3 is 2.14 bits per heavy atom. The summed E-state index contributed by atoms with van der Waals surface area (Å²) in [5.41, 5.74) is 1.16. The molecular formula is C12H16F6NOP. The second-order valence-electron chi connectivity index (χ2n) is 4.96. The average Bonchev–Trinajstić information content (AvgIpc) is 2.27. The predicted molar refractivity (Wildman–Crippen MR) is 67.4 cm³/mol. The topological polar surface area (TPSA) is 20.9 Å². The Morgan fingerprint density at radius 2 is 1.67 bits per heavy atom. The van der Waals surface area contributed by atoms with Crippen molar-refractivity contribution in [2.24, 2.45) is 7.05 Å². The first-order chi connectivity index (χ1) is 9.24. The van der Waals surface area contributed by atoms with Crippen LogP contribution in [0.4, 0.5) is 25.2 Å². The Morgan fingerprint density at radius 1 is 1.10 bits per heavy atom. The molecule has 0 radical (unpaired) electrons. The molecular weight excluding hydrogens is 319 g/mol. The normalized spacial score (nSPS) is 22.6. The second kappa shape index (κ2) is 5.23. The molecule has 1 aromatic rings. The number of ketones is 1. The SMILES string of the molecule is C[n+]1ccccc1C1CCCCC1=O.F[P-](F)(F)(F)(F)F. The van der Waals surface area contributed by atoms with E-state index in [1.807, 2.05) is 25.4 Å². The summed E-state index contributed by atoms with van der Waals surface area (Å²) >= 11 is 0. The number of halogens is 6. The molecule has 122 valence electrons. The van der Waals surface area contributed by atoms with Crippen LogP contribution >= 0.6 is 7.81 Å². The number of pyridine rings is 1. The first kappa shape index (κ1) is 17.9. The molecule has 0 aliphatic heterocycles. The minimum atomic E-state index is -10.7. The number of rotatable bonds is 1. The number of aromatic nitrogens is 1. The average molecular weight is 335 g/mol. The first-order valence-corrected chi connectivity index (χ1v) is 8.30. The van der Waals surface area contributed by atoms with Crippen LogP contribution in [0, 0.1) is 0 Å². The molecule has 1 aromatic heterocycles. The molecule has 1 fully saturated rings. The van der Waals surface area contributed by atoms with E-state index in [2.05, 4.69) is 10.6 Å². The second-order valence-corrected chi connectivity index (χ2v) is 6.88. The molecule has 0 N–H and O–H groups in total. The maximum atomic E-state index is 11.7. The summed E-state index contributed by atoms with van der Waals surface area (Å²) in [5.74, 6) is 0.563. The standard InChI is InChI=1S/C12H16NO.F6P/c1-13-9-5-4-7-11(13)10-6-2-3-8-12(10)14;1-7(2,3,4,5)6/h4-5,7,9-10H,2-3,6,8H2,1H3;/q+1;-1. The van der Waals surface area contributed by atoms with Gasteiger partial charge in [0.25, 0.3) is 0 Å². The summed E-state index contributed by atoms with van der Waals surface area (Å²) in [7, 11) is -8.65. The minimum absolute atomic E-state index is 0.148. The van der Waals surface area contributed by atoms with Gasteiger partial charge in [-0.2, -0.15) is 0 Å². The van der Waals surface area contributed by atoms with Crippen molar-refractivity contribution in [1.29, 1.82) is 0 Å². The molecule has 1 aliphatic rings. The van der Waals surface area contributed by atoms with Gasteiger partial charge in [-0.05, 0) is 12.8 Å². The van der Waals surface area contributed by atoms with E-state index in [4.69, 9.17) is 0 Å². The monoisotopic (exact) mass is 335 g/mol. The fourth-order valence-corrected chi connectivity index (χ4v) is 2.19. The molecule has 0 bridgehead atoms. The Bertz CT molecular complexity index is 516. The quantitative estimate of drug-likeness (QED) is 0.396. The van der Waals surface area contributed by atoms with E-state index in [1.54, 1.807) is 0 Å². The molecule has 1 heterocycles. The van der Waals surface area contributed by atoms with E-state index in [1.165, 1.54) is 6.42 Å². The van der Waals surface area contributed by atoms with Crippen molar-refractivity contribution in [2.75, 3.05) is 0 Å². The van der Waals surface area contributed by atoms with Crippen molar-refractivity contribution < 1.29 is 34.5 Å². The molecule has 0 spiro atoms. The molecule has 0 saturated heterocycles. The van der Waals surface area contributed by atoms with Gasteiger partial charge in [-0.25, -0.2) is 4.57 Å². The summed E-state index contributed by atoms with van der Waals surface area (Å²) in [6.07, 6.45) is 6.06. The van der Waals surface area contributed by atoms with Crippen LogP contribution in [0.5, 0.6) is 0 Å². The Kier molecular flexibility index (Phi) is 4.45. The van der Waals surface area contributed by atoms with Crippen molar-refractivity contribution in [3.63, 3.8) is 0 Å². The first-order valence-electron chi connectivity index (χ1n) is 6.28. The molecule has 21 heavy (non-hydrogen) atoms. The van der Waals surface area contributed by atoms with Gasteiger partial charge in [0, 0.05) is 18.6 Å². The molecule has 2 nitrogen and oxygen atoms in total. The van der Waals surface area contributed by atoms with Crippen LogP contribution in [-0.4, -0.2) is 5.78 Å². The van der Waals surface area contributed by atoms with Gasteiger partial charge < -0.3 is 0 Å². The van der Waals surface area contributed by atoms with Crippen LogP contribution in [0.25, 0.3) is 0 Å². The zero-order valence-electron chi connectivity index (χ0n) is 11.3. The van der Waals surface area contributed by atoms with Crippen LogP contribution in [0.1, 0.15) is 37.3 Å². The van der Waals surface area contributed by atoms with Crippen molar-refractivity contribution in [1.82, 2.24) is 0 Å². The summed E-state index contributed by atoms with van der Waals surface area (Å²) < 4.78 is 61.3. The number of carbonyl (C=O) groups is 1. The van der Waals surface area contributed by atoms with Crippen LogP contribution < -0.4 is 4.57 Å². The summed E-state index contributed by atoms with van der Waals surface area (Å²) in [6.45, 7) is 0. The van der Waals surface area contributed by atoms with Crippen LogP contribution in [-0.2, 0) is 11.8 Å². The number of hydrogen-bond donors (Lipinski definition) is 0. The van der Waals surface area contributed by atoms with Gasteiger partial charge in [0.1, 0.15) is 18.7 Å². The Labute approximate surface area is 118 Å².